The van der Waals surface area contributed by atoms with Gasteiger partial charge in [-0.25, -0.2) is 5.84 Å². The van der Waals surface area contributed by atoms with Crippen molar-refractivity contribution in [3.63, 3.8) is 0 Å². The molecule has 5 nitrogen and oxygen atoms in total. The maximum atomic E-state index is 11.6. The maximum Gasteiger partial charge on any atom is 0.240 e. The molecular formula is C11H23N3O2. The van der Waals surface area contributed by atoms with Crippen LogP contribution in [-0.2, 0) is 4.79 Å². The Morgan fingerprint density at radius 3 is 2.56 bits per heavy atom. The highest BCUT2D eigenvalue weighted by atomic mass is 16.3. The van der Waals surface area contributed by atoms with Crippen LogP contribution in [0.25, 0.3) is 0 Å². The van der Waals surface area contributed by atoms with Gasteiger partial charge >= 0.3 is 0 Å². The third kappa shape index (κ3) is 3.17. The van der Waals surface area contributed by atoms with E-state index in [-0.39, 0.29) is 12.5 Å². The van der Waals surface area contributed by atoms with Crippen LogP contribution in [0.1, 0.15) is 33.1 Å². The summed E-state index contributed by atoms with van der Waals surface area (Å²) in [7, 11) is 0. The molecular weight excluding hydrogens is 206 g/mol. The van der Waals surface area contributed by atoms with Crippen molar-refractivity contribution in [2.45, 2.75) is 39.2 Å². The molecule has 1 fully saturated rings. The lowest BCUT2D eigenvalue weighted by Crippen LogP contribution is -2.51. The number of aliphatic hydroxyl groups is 1. The Kier molecular flexibility index (Phi) is 4.70. The number of hydrazine groups is 1. The fraction of sp³-hybridized carbons (Fsp3) is 0.909. The van der Waals surface area contributed by atoms with E-state index in [1.165, 1.54) is 19.3 Å². The molecule has 1 amide bonds. The number of carbonyl (C=O) groups excluding carboxylic acids is 1. The first-order valence-corrected chi connectivity index (χ1v) is 5.87. The summed E-state index contributed by atoms with van der Waals surface area (Å²) >= 11 is 0. The van der Waals surface area contributed by atoms with Crippen molar-refractivity contribution in [1.29, 1.82) is 0 Å². The summed E-state index contributed by atoms with van der Waals surface area (Å²) in [5, 5.41) is 9.03. The van der Waals surface area contributed by atoms with Crippen LogP contribution in [0.2, 0.25) is 0 Å². The minimum Gasteiger partial charge on any atom is -0.395 e. The Morgan fingerprint density at radius 2 is 2.19 bits per heavy atom. The first-order chi connectivity index (χ1) is 7.51. The topological polar surface area (TPSA) is 78.6 Å². The number of hydrogen-bond donors (Lipinski definition) is 3. The molecule has 5 heteroatoms. The summed E-state index contributed by atoms with van der Waals surface area (Å²) in [4.78, 5) is 13.8. The van der Waals surface area contributed by atoms with Crippen molar-refractivity contribution in [1.82, 2.24) is 10.3 Å². The number of nitrogens with two attached hydrogens (primary N) is 1. The summed E-state index contributed by atoms with van der Waals surface area (Å²) in [6, 6.07) is 0.525. The molecule has 0 unspecified atom stereocenters. The molecule has 0 radical (unpaired) electrons. The van der Waals surface area contributed by atoms with E-state index in [2.05, 4.69) is 10.3 Å². The normalized spacial score (nSPS) is 17.3. The van der Waals surface area contributed by atoms with Gasteiger partial charge < -0.3 is 5.11 Å². The molecule has 0 aromatic carbocycles. The summed E-state index contributed by atoms with van der Waals surface area (Å²) in [6.45, 7) is 5.15. The summed E-state index contributed by atoms with van der Waals surface area (Å²) in [6.07, 6.45) is 3.58. The third-order valence-electron chi connectivity index (χ3n) is 3.32. The lowest BCUT2D eigenvalue weighted by molar-refractivity contribution is -0.131. The van der Waals surface area contributed by atoms with Crippen molar-refractivity contribution in [2.24, 2.45) is 11.3 Å². The summed E-state index contributed by atoms with van der Waals surface area (Å²) in [5.74, 6) is 5.01. The van der Waals surface area contributed by atoms with E-state index in [4.69, 9.17) is 10.9 Å². The van der Waals surface area contributed by atoms with Crippen molar-refractivity contribution < 1.29 is 9.90 Å². The second-order valence-electron chi connectivity index (χ2n) is 5.14. The lowest BCUT2D eigenvalue weighted by Gasteiger charge is -2.40. The molecule has 1 aliphatic carbocycles. The third-order valence-corrected chi connectivity index (χ3v) is 3.32. The van der Waals surface area contributed by atoms with Gasteiger partial charge in [-0.2, -0.15) is 0 Å². The molecule has 0 saturated heterocycles. The zero-order valence-corrected chi connectivity index (χ0v) is 10.2. The Bertz CT molecular complexity index is 239. The smallest absolute Gasteiger partial charge is 0.240 e. The highest BCUT2D eigenvalue weighted by Crippen LogP contribution is 2.28. The quantitative estimate of drug-likeness (QED) is 0.336. The van der Waals surface area contributed by atoms with E-state index < -0.39 is 5.41 Å². The maximum absolute atomic E-state index is 11.6. The lowest BCUT2D eigenvalue weighted by atomic mass is 9.86. The van der Waals surface area contributed by atoms with Gasteiger partial charge in [0.1, 0.15) is 0 Å². The van der Waals surface area contributed by atoms with E-state index in [1.54, 1.807) is 0 Å². The van der Waals surface area contributed by atoms with Crippen LogP contribution in [0.3, 0.4) is 0 Å². The van der Waals surface area contributed by atoms with Crippen LogP contribution >= 0.6 is 0 Å². The fourth-order valence-electron chi connectivity index (χ4n) is 2.05. The molecule has 1 saturated carbocycles. The van der Waals surface area contributed by atoms with Gasteiger partial charge in [-0.3, -0.25) is 15.1 Å². The van der Waals surface area contributed by atoms with Gasteiger partial charge in [0.2, 0.25) is 5.91 Å². The minimum absolute atomic E-state index is 0.136. The van der Waals surface area contributed by atoms with Crippen LogP contribution in [0, 0.1) is 5.41 Å². The predicted molar refractivity (Wildman–Crippen MR) is 62.4 cm³/mol. The highest BCUT2D eigenvalue weighted by molar-refractivity contribution is 5.81. The number of hydrogen-bond acceptors (Lipinski definition) is 4. The molecule has 1 rings (SSSR count). The van der Waals surface area contributed by atoms with Crippen LogP contribution in [0.15, 0.2) is 0 Å². The number of amides is 1. The number of rotatable bonds is 6. The monoisotopic (exact) mass is 229 g/mol. The van der Waals surface area contributed by atoms with E-state index in [9.17, 15) is 4.79 Å². The van der Waals surface area contributed by atoms with Crippen LogP contribution < -0.4 is 11.3 Å². The predicted octanol–water partition coefficient (Wildman–Crippen LogP) is -0.151. The van der Waals surface area contributed by atoms with Crippen molar-refractivity contribution >= 4 is 5.91 Å². The van der Waals surface area contributed by atoms with E-state index in [1.807, 2.05) is 13.8 Å². The van der Waals surface area contributed by atoms with Gasteiger partial charge in [-0.1, -0.05) is 6.42 Å². The summed E-state index contributed by atoms with van der Waals surface area (Å²) < 4.78 is 0. The number of aliphatic hydroxyl groups excluding tert-OH is 1. The van der Waals surface area contributed by atoms with Gasteiger partial charge in [-0.05, 0) is 26.7 Å². The molecule has 0 aliphatic heterocycles. The Balaban J connectivity index is 2.55. The number of nitrogens with zero attached hydrogens (tertiary/aromatic N) is 1. The highest BCUT2D eigenvalue weighted by Gasteiger charge is 2.33. The first-order valence-electron chi connectivity index (χ1n) is 5.87. The second kappa shape index (κ2) is 5.61. The van der Waals surface area contributed by atoms with Crippen LogP contribution in [-0.4, -0.2) is 41.7 Å². The minimum atomic E-state index is -0.514. The van der Waals surface area contributed by atoms with Crippen LogP contribution in [0.4, 0.5) is 0 Å². The van der Waals surface area contributed by atoms with Gasteiger partial charge in [0.05, 0.1) is 12.0 Å². The molecule has 0 aromatic heterocycles. The Morgan fingerprint density at radius 1 is 1.56 bits per heavy atom. The molecule has 0 spiro atoms. The largest absolute Gasteiger partial charge is 0.395 e. The van der Waals surface area contributed by atoms with E-state index >= 15 is 0 Å². The fourth-order valence-corrected chi connectivity index (χ4v) is 2.05. The Hall–Kier alpha value is -0.650. The standard InChI is InChI=1S/C11H23N3O2/c1-11(2,10(16)13-12)8-14(6-7-15)9-4-3-5-9/h9,15H,3-8,12H2,1-2H3,(H,13,16). The number of nitrogens with one attached hydrogen (secondary N) is 1. The van der Waals surface area contributed by atoms with Crippen LogP contribution in [0.5, 0.6) is 0 Å². The molecule has 94 valence electrons. The number of carbonyl (C=O) groups is 1. The van der Waals surface area contributed by atoms with Gasteiger partial charge in [0.25, 0.3) is 0 Å². The molecule has 0 bridgehead atoms. The Labute approximate surface area is 97.0 Å². The zero-order chi connectivity index (χ0) is 12.2. The SMILES string of the molecule is CC(C)(CN(CCO)C1CCC1)C(=O)NN. The van der Waals surface area contributed by atoms with E-state index in [0.717, 1.165) is 0 Å². The molecule has 16 heavy (non-hydrogen) atoms. The average molecular weight is 229 g/mol. The molecule has 0 aromatic rings. The summed E-state index contributed by atoms with van der Waals surface area (Å²) in [5.41, 5.74) is 1.69. The van der Waals surface area contributed by atoms with Gasteiger partial charge in [0.15, 0.2) is 0 Å². The molecule has 0 atom stereocenters. The molecule has 0 heterocycles. The second-order valence-corrected chi connectivity index (χ2v) is 5.14. The van der Waals surface area contributed by atoms with Crippen molar-refractivity contribution in [2.75, 3.05) is 19.7 Å². The van der Waals surface area contributed by atoms with E-state index in [0.29, 0.717) is 19.1 Å². The van der Waals surface area contributed by atoms with Crippen molar-refractivity contribution in [3.05, 3.63) is 0 Å². The molecule has 1 aliphatic rings. The first kappa shape index (κ1) is 13.4. The average Bonchev–Trinajstić information content (AvgIpc) is 2.13. The van der Waals surface area contributed by atoms with Gasteiger partial charge in [-0.15, -0.1) is 0 Å². The zero-order valence-electron chi connectivity index (χ0n) is 10.2. The molecule has 4 N–H and O–H groups in total. The van der Waals surface area contributed by atoms with Gasteiger partial charge in [0, 0.05) is 19.1 Å². The van der Waals surface area contributed by atoms with Crippen molar-refractivity contribution in [3.8, 4) is 0 Å².